The molecule has 0 aliphatic heterocycles. The molecule has 0 radical (unpaired) electrons. The predicted molar refractivity (Wildman–Crippen MR) is 81.6 cm³/mol. The minimum absolute atomic E-state index is 0.103. The normalized spacial score (nSPS) is 12.2. The summed E-state index contributed by atoms with van der Waals surface area (Å²) in [6.45, 7) is 4.84. The molecule has 0 saturated carbocycles. The Morgan fingerprint density at radius 2 is 1.70 bits per heavy atom. The van der Waals surface area contributed by atoms with Crippen LogP contribution in [0.25, 0.3) is 0 Å². The van der Waals surface area contributed by atoms with E-state index in [2.05, 4.69) is 11.0 Å². The van der Waals surface area contributed by atoms with Crippen molar-refractivity contribution in [1.82, 2.24) is 0 Å². The third kappa shape index (κ3) is 4.37. The Hall–Kier alpha value is -1.30. The first-order chi connectivity index (χ1) is 9.65. The maximum absolute atomic E-state index is 6.12. The van der Waals surface area contributed by atoms with E-state index in [9.17, 15) is 0 Å². The van der Waals surface area contributed by atoms with Crippen LogP contribution in [0, 0.1) is 0 Å². The van der Waals surface area contributed by atoms with Crippen molar-refractivity contribution in [1.29, 1.82) is 0 Å². The largest absolute Gasteiger partial charge is 0.496 e. The number of ether oxygens (including phenoxy) is 3. The highest BCUT2D eigenvalue weighted by Crippen LogP contribution is 2.33. The van der Waals surface area contributed by atoms with Gasteiger partial charge in [0, 0.05) is 44.6 Å². The van der Waals surface area contributed by atoms with Gasteiger partial charge in [0.15, 0.2) is 0 Å². The summed E-state index contributed by atoms with van der Waals surface area (Å²) in [5.74, 6) is 0.817. The monoisotopic (exact) mass is 282 g/mol. The lowest BCUT2D eigenvalue weighted by molar-refractivity contribution is 0.190. The summed E-state index contributed by atoms with van der Waals surface area (Å²) >= 11 is 0. The van der Waals surface area contributed by atoms with Crippen LogP contribution in [-0.4, -0.2) is 47.6 Å². The molecule has 0 heterocycles. The minimum Gasteiger partial charge on any atom is -0.496 e. The Bertz CT molecular complexity index is 389. The van der Waals surface area contributed by atoms with Gasteiger partial charge in [-0.2, -0.15) is 0 Å². The molecule has 2 N–H and O–H groups in total. The standard InChI is InChI=1S/C15H26N2O3/c1-12(16)15-13(6-5-7-14(15)20-4)17(8-10-18-2)9-11-19-3/h5-7,12H,8-11,16H2,1-4H3. The maximum Gasteiger partial charge on any atom is 0.125 e. The molecular weight excluding hydrogens is 256 g/mol. The van der Waals surface area contributed by atoms with Gasteiger partial charge in [0.2, 0.25) is 0 Å². The minimum atomic E-state index is -0.103. The van der Waals surface area contributed by atoms with Gasteiger partial charge in [-0.25, -0.2) is 0 Å². The summed E-state index contributed by atoms with van der Waals surface area (Å²) in [5, 5.41) is 0. The van der Waals surface area contributed by atoms with Crippen LogP contribution in [0.5, 0.6) is 5.75 Å². The van der Waals surface area contributed by atoms with E-state index in [0.717, 1.165) is 30.1 Å². The van der Waals surface area contributed by atoms with E-state index >= 15 is 0 Å². The average molecular weight is 282 g/mol. The van der Waals surface area contributed by atoms with Gasteiger partial charge >= 0.3 is 0 Å². The summed E-state index contributed by atoms with van der Waals surface area (Å²) < 4.78 is 15.8. The molecule has 20 heavy (non-hydrogen) atoms. The molecule has 1 atom stereocenters. The molecule has 5 nitrogen and oxygen atoms in total. The molecule has 1 aromatic rings. The molecule has 0 aliphatic carbocycles. The Morgan fingerprint density at radius 1 is 1.10 bits per heavy atom. The number of nitrogens with zero attached hydrogens (tertiary/aromatic N) is 1. The first-order valence-electron chi connectivity index (χ1n) is 6.81. The van der Waals surface area contributed by atoms with Crippen molar-refractivity contribution in [3.05, 3.63) is 23.8 Å². The van der Waals surface area contributed by atoms with Crippen LogP contribution in [0.1, 0.15) is 18.5 Å². The highest BCUT2D eigenvalue weighted by molar-refractivity contribution is 5.60. The Balaban J connectivity index is 3.09. The number of hydrogen-bond acceptors (Lipinski definition) is 5. The van der Waals surface area contributed by atoms with Crippen LogP contribution in [0.3, 0.4) is 0 Å². The van der Waals surface area contributed by atoms with Crippen molar-refractivity contribution >= 4 is 5.69 Å². The van der Waals surface area contributed by atoms with Crippen LogP contribution >= 0.6 is 0 Å². The molecule has 0 aromatic heterocycles. The number of nitrogens with two attached hydrogens (primary N) is 1. The zero-order chi connectivity index (χ0) is 15.0. The smallest absolute Gasteiger partial charge is 0.125 e. The molecule has 0 spiro atoms. The van der Waals surface area contributed by atoms with Crippen LogP contribution in [0.4, 0.5) is 5.69 Å². The summed E-state index contributed by atoms with van der Waals surface area (Å²) in [5.41, 5.74) is 8.21. The zero-order valence-electron chi connectivity index (χ0n) is 12.9. The predicted octanol–water partition coefficient (Wildman–Crippen LogP) is 1.81. The fraction of sp³-hybridized carbons (Fsp3) is 0.600. The SMILES string of the molecule is COCCN(CCOC)c1cccc(OC)c1C(C)N. The fourth-order valence-electron chi connectivity index (χ4n) is 2.20. The fourth-order valence-corrected chi connectivity index (χ4v) is 2.20. The van der Waals surface area contributed by atoms with Crippen molar-refractivity contribution in [2.45, 2.75) is 13.0 Å². The number of benzene rings is 1. The van der Waals surface area contributed by atoms with Crippen LogP contribution < -0.4 is 15.4 Å². The number of hydrogen-bond donors (Lipinski definition) is 1. The van der Waals surface area contributed by atoms with E-state index in [1.165, 1.54) is 0 Å². The topological polar surface area (TPSA) is 57.0 Å². The van der Waals surface area contributed by atoms with Gasteiger partial charge in [-0.05, 0) is 19.1 Å². The van der Waals surface area contributed by atoms with Crippen molar-refractivity contribution in [3.8, 4) is 5.75 Å². The summed E-state index contributed by atoms with van der Waals surface area (Å²) in [6, 6.07) is 5.88. The average Bonchev–Trinajstić information content (AvgIpc) is 2.46. The van der Waals surface area contributed by atoms with Gasteiger partial charge in [0.25, 0.3) is 0 Å². The van der Waals surface area contributed by atoms with Gasteiger partial charge in [-0.1, -0.05) is 6.07 Å². The molecule has 114 valence electrons. The molecule has 0 fully saturated rings. The van der Waals surface area contributed by atoms with Gasteiger partial charge in [-0.3, -0.25) is 0 Å². The third-order valence-corrected chi connectivity index (χ3v) is 3.19. The molecule has 5 heteroatoms. The summed E-state index contributed by atoms with van der Waals surface area (Å²) in [7, 11) is 5.07. The second-order valence-corrected chi connectivity index (χ2v) is 4.65. The molecule has 1 rings (SSSR count). The van der Waals surface area contributed by atoms with E-state index in [1.54, 1.807) is 21.3 Å². The molecule has 0 amide bonds. The van der Waals surface area contributed by atoms with Crippen LogP contribution in [-0.2, 0) is 9.47 Å². The quantitative estimate of drug-likeness (QED) is 0.748. The van der Waals surface area contributed by atoms with Crippen molar-refractivity contribution in [2.75, 3.05) is 52.5 Å². The molecule has 0 saturated heterocycles. The number of rotatable bonds is 9. The van der Waals surface area contributed by atoms with Gasteiger partial charge in [0.1, 0.15) is 5.75 Å². The van der Waals surface area contributed by atoms with E-state index in [0.29, 0.717) is 13.2 Å². The number of anilines is 1. The van der Waals surface area contributed by atoms with Crippen molar-refractivity contribution in [2.24, 2.45) is 5.73 Å². The highest BCUT2D eigenvalue weighted by atomic mass is 16.5. The second kappa shape index (κ2) is 8.79. The van der Waals surface area contributed by atoms with Crippen molar-refractivity contribution in [3.63, 3.8) is 0 Å². The molecule has 1 unspecified atom stereocenters. The third-order valence-electron chi connectivity index (χ3n) is 3.19. The molecule has 1 aromatic carbocycles. The Labute approximate surface area is 121 Å². The maximum atomic E-state index is 6.12. The lowest BCUT2D eigenvalue weighted by Crippen LogP contribution is -2.32. The molecular formula is C15H26N2O3. The first-order valence-corrected chi connectivity index (χ1v) is 6.81. The van der Waals surface area contributed by atoms with Gasteiger partial charge in [-0.15, -0.1) is 0 Å². The van der Waals surface area contributed by atoms with Gasteiger partial charge < -0.3 is 24.8 Å². The summed E-state index contributed by atoms with van der Waals surface area (Å²) in [6.07, 6.45) is 0. The summed E-state index contributed by atoms with van der Waals surface area (Å²) in [4.78, 5) is 2.22. The van der Waals surface area contributed by atoms with E-state index < -0.39 is 0 Å². The van der Waals surface area contributed by atoms with Gasteiger partial charge in [0.05, 0.1) is 20.3 Å². The molecule has 0 aliphatic rings. The Kier molecular flexibility index (Phi) is 7.36. The van der Waals surface area contributed by atoms with Crippen LogP contribution in [0.15, 0.2) is 18.2 Å². The molecule has 0 bridgehead atoms. The lowest BCUT2D eigenvalue weighted by Gasteiger charge is -2.28. The Morgan fingerprint density at radius 3 is 2.15 bits per heavy atom. The van der Waals surface area contributed by atoms with Crippen LogP contribution in [0.2, 0.25) is 0 Å². The zero-order valence-corrected chi connectivity index (χ0v) is 12.9. The second-order valence-electron chi connectivity index (χ2n) is 4.65. The van der Waals surface area contributed by atoms with E-state index in [4.69, 9.17) is 19.9 Å². The lowest BCUT2D eigenvalue weighted by atomic mass is 10.0. The highest BCUT2D eigenvalue weighted by Gasteiger charge is 2.17. The van der Waals surface area contributed by atoms with E-state index in [1.807, 2.05) is 19.1 Å². The van der Waals surface area contributed by atoms with Crippen molar-refractivity contribution < 1.29 is 14.2 Å². The number of methoxy groups -OCH3 is 3. The first kappa shape index (κ1) is 16.8. The van der Waals surface area contributed by atoms with E-state index in [-0.39, 0.29) is 6.04 Å².